The lowest BCUT2D eigenvalue weighted by atomic mass is 10.1. The third kappa shape index (κ3) is 2.00. The van der Waals surface area contributed by atoms with Crippen LogP contribution in [0.4, 0.5) is 0 Å². The van der Waals surface area contributed by atoms with Gasteiger partial charge in [-0.05, 0) is 42.3 Å². The van der Waals surface area contributed by atoms with E-state index >= 15 is 0 Å². The van der Waals surface area contributed by atoms with Gasteiger partial charge < -0.3 is 4.40 Å². The number of carbonyl (C=O) groups excluding carboxylic acids is 1. The van der Waals surface area contributed by atoms with Gasteiger partial charge in [-0.25, -0.2) is 0 Å². The molecule has 0 amide bonds. The second kappa shape index (κ2) is 4.67. The molecular weight excluding hydrogens is 302 g/mol. The molecule has 0 saturated carbocycles. The molecule has 0 aliphatic carbocycles. The molecule has 0 aliphatic heterocycles. The van der Waals surface area contributed by atoms with Gasteiger partial charge in [0.2, 0.25) is 0 Å². The summed E-state index contributed by atoms with van der Waals surface area (Å²) in [5.41, 5.74) is 4.88. The van der Waals surface area contributed by atoms with Crippen molar-refractivity contribution in [1.29, 1.82) is 0 Å². The summed E-state index contributed by atoms with van der Waals surface area (Å²) in [6, 6.07) is 14.1. The number of carbonyl (C=O) groups is 1. The first-order valence-corrected chi connectivity index (χ1v) is 6.82. The average molecular weight is 314 g/mol. The quantitative estimate of drug-likeness (QED) is 0.639. The van der Waals surface area contributed by atoms with Gasteiger partial charge >= 0.3 is 0 Å². The first-order valence-electron chi connectivity index (χ1n) is 6.02. The highest BCUT2D eigenvalue weighted by Gasteiger charge is 2.13. The number of nitrogens with zero attached hydrogens (tertiary/aromatic N) is 1. The maximum absolute atomic E-state index is 11.4. The number of fused-ring (bicyclic) bond motifs is 1. The summed E-state index contributed by atoms with van der Waals surface area (Å²) in [6.07, 6.45) is 2.85. The number of aromatic nitrogens is 1. The summed E-state index contributed by atoms with van der Waals surface area (Å²) in [7, 11) is 0. The van der Waals surface area contributed by atoms with Crippen LogP contribution < -0.4 is 0 Å². The number of hydrogen-bond acceptors (Lipinski definition) is 1. The summed E-state index contributed by atoms with van der Waals surface area (Å²) in [4.78, 5) is 11.4. The molecule has 0 unspecified atom stereocenters. The summed E-state index contributed by atoms with van der Waals surface area (Å²) >= 11 is 3.54. The predicted molar refractivity (Wildman–Crippen MR) is 80.7 cm³/mol. The van der Waals surface area contributed by atoms with Gasteiger partial charge in [0.25, 0.3) is 0 Å². The predicted octanol–water partition coefficient (Wildman–Crippen LogP) is 4.49. The van der Waals surface area contributed by atoms with E-state index in [9.17, 15) is 4.79 Å². The Balaban J connectivity index is 2.35. The molecule has 2 nitrogen and oxygen atoms in total. The molecule has 0 N–H and O–H groups in total. The van der Waals surface area contributed by atoms with Crippen molar-refractivity contribution in [3.8, 4) is 11.1 Å². The van der Waals surface area contributed by atoms with Gasteiger partial charge in [-0.3, -0.25) is 4.79 Å². The topological polar surface area (TPSA) is 21.5 Å². The molecule has 0 radical (unpaired) electrons. The van der Waals surface area contributed by atoms with Crippen LogP contribution in [0.15, 0.2) is 53.1 Å². The van der Waals surface area contributed by atoms with Crippen molar-refractivity contribution in [3.05, 3.63) is 64.4 Å². The molecule has 2 heterocycles. The molecule has 0 bridgehead atoms. The highest BCUT2D eigenvalue weighted by molar-refractivity contribution is 9.10. The van der Waals surface area contributed by atoms with Crippen LogP contribution in [0.25, 0.3) is 16.6 Å². The molecule has 2 aromatic heterocycles. The van der Waals surface area contributed by atoms with Crippen molar-refractivity contribution in [2.24, 2.45) is 0 Å². The van der Waals surface area contributed by atoms with E-state index in [-0.39, 0.29) is 0 Å². The van der Waals surface area contributed by atoms with E-state index < -0.39 is 0 Å². The Hall–Kier alpha value is -1.87. The lowest BCUT2D eigenvalue weighted by molar-refractivity contribution is 0.111. The molecule has 0 fully saturated rings. The third-order valence-corrected chi connectivity index (χ3v) is 3.94. The van der Waals surface area contributed by atoms with Gasteiger partial charge in [-0.15, -0.1) is 0 Å². The Bertz CT molecular complexity index is 774. The molecule has 0 atom stereocenters. The van der Waals surface area contributed by atoms with Gasteiger partial charge in [0.05, 0.1) is 5.69 Å². The van der Waals surface area contributed by atoms with E-state index in [0.717, 1.165) is 27.4 Å². The maximum Gasteiger partial charge on any atom is 0.167 e. The Morgan fingerprint density at radius 1 is 1.11 bits per heavy atom. The monoisotopic (exact) mass is 313 g/mol. The first kappa shape index (κ1) is 12.2. The minimum absolute atomic E-state index is 0.682. The summed E-state index contributed by atoms with van der Waals surface area (Å²) in [5.74, 6) is 0. The van der Waals surface area contributed by atoms with Crippen molar-refractivity contribution >= 4 is 27.7 Å². The molecule has 1 aromatic carbocycles. The van der Waals surface area contributed by atoms with Gasteiger partial charge in [0.15, 0.2) is 6.29 Å². The number of aldehydes is 1. The third-order valence-electron chi connectivity index (χ3n) is 3.24. The van der Waals surface area contributed by atoms with E-state index in [0.29, 0.717) is 5.69 Å². The molecule has 0 saturated heterocycles. The number of rotatable bonds is 2. The van der Waals surface area contributed by atoms with E-state index in [1.165, 1.54) is 5.56 Å². The fourth-order valence-corrected chi connectivity index (χ4v) is 2.83. The number of hydrogen-bond donors (Lipinski definition) is 0. The average Bonchev–Trinajstić information content (AvgIpc) is 2.76. The van der Waals surface area contributed by atoms with Crippen molar-refractivity contribution < 1.29 is 4.79 Å². The first-order chi connectivity index (χ1) is 9.20. The summed E-state index contributed by atoms with van der Waals surface area (Å²) in [6.45, 7) is 2.05. The molecule has 94 valence electrons. The number of halogens is 1. The lowest BCUT2D eigenvalue weighted by Gasteiger charge is -2.03. The number of pyridine rings is 1. The van der Waals surface area contributed by atoms with E-state index in [1.807, 2.05) is 47.9 Å². The van der Waals surface area contributed by atoms with Crippen LogP contribution in [0.1, 0.15) is 16.1 Å². The zero-order valence-corrected chi connectivity index (χ0v) is 12.0. The number of benzene rings is 1. The Morgan fingerprint density at radius 2 is 1.89 bits per heavy atom. The van der Waals surface area contributed by atoms with E-state index in [1.54, 1.807) is 0 Å². The number of aryl methyl sites for hydroxylation is 1. The molecule has 19 heavy (non-hydrogen) atoms. The van der Waals surface area contributed by atoms with Crippen LogP contribution in [0.3, 0.4) is 0 Å². The van der Waals surface area contributed by atoms with Gasteiger partial charge in [-0.2, -0.15) is 0 Å². The minimum Gasteiger partial charge on any atom is -0.314 e. The Labute approximate surface area is 119 Å². The second-order valence-corrected chi connectivity index (χ2v) is 5.39. The van der Waals surface area contributed by atoms with Crippen LogP contribution in [-0.2, 0) is 0 Å². The van der Waals surface area contributed by atoms with Crippen molar-refractivity contribution in [2.75, 3.05) is 0 Å². The lowest BCUT2D eigenvalue weighted by Crippen LogP contribution is -1.92. The Morgan fingerprint density at radius 3 is 2.63 bits per heavy atom. The maximum atomic E-state index is 11.4. The molecular formula is C16H12BrNO. The Kier molecular flexibility index (Phi) is 2.99. The smallest absolute Gasteiger partial charge is 0.167 e. The SMILES string of the molecule is Cc1ccn2c(C=O)c(-c3ccccc3Br)cc2c1. The van der Waals surface area contributed by atoms with Crippen molar-refractivity contribution in [3.63, 3.8) is 0 Å². The van der Waals surface area contributed by atoms with Crippen LogP contribution in [0.5, 0.6) is 0 Å². The second-order valence-electron chi connectivity index (χ2n) is 4.54. The molecule has 3 aromatic rings. The fraction of sp³-hybridized carbons (Fsp3) is 0.0625. The molecule has 0 spiro atoms. The molecule has 0 aliphatic rings. The highest BCUT2D eigenvalue weighted by Crippen LogP contribution is 2.32. The standard InChI is InChI=1S/C16H12BrNO/c1-11-6-7-18-12(8-11)9-14(16(18)10-19)13-4-2-3-5-15(13)17/h2-10H,1H3. The fourth-order valence-electron chi connectivity index (χ4n) is 2.33. The van der Waals surface area contributed by atoms with Crippen molar-refractivity contribution in [2.45, 2.75) is 6.92 Å². The zero-order chi connectivity index (χ0) is 13.4. The van der Waals surface area contributed by atoms with Crippen LogP contribution in [0.2, 0.25) is 0 Å². The van der Waals surface area contributed by atoms with Crippen LogP contribution in [-0.4, -0.2) is 10.7 Å². The van der Waals surface area contributed by atoms with Gasteiger partial charge in [-0.1, -0.05) is 34.1 Å². The zero-order valence-electron chi connectivity index (χ0n) is 10.4. The minimum atomic E-state index is 0.682. The van der Waals surface area contributed by atoms with Crippen LogP contribution >= 0.6 is 15.9 Å². The van der Waals surface area contributed by atoms with Gasteiger partial charge in [0, 0.05) is 21.7 Å². The van der Waals surface area contributed by atoms with E-state index in [2.05, 4.69) is 28.1 Å². The van der Waals surface area contributed by atoms with Gasteiger partial charge in [0.1, 0.15) is 0 Å². The highest BCUT2D eigenvalue weighted by atomic mass is 79.9. The molecule has 3 rings (SSSR count). The largest absolute Gasteiger partial charge is 0.314 e. The summed E-state index contributed by atoms with van der Waals surface area (Å²) < 4.78 is 2.92. The van der Waals surface area contributed by atoms with E-state index in [4.69, 9.17) is 0 Å². The molecule has 3 heteroatoms. The normalized spacial score (nSPS) is 10.8. The van der Waals surface area contributed by atoms with Crippen molar-refractivity contribution in [1.82, 2.24) is 4.40 Å². The van der Waals surface area contributed by atoms with Crippen LogP contribution in [0, 0.1) is 6.92 Å². The summed E-state index contributed by atoms with van der Waals surface area (Å²) in [5, 5.41) is 0.